The van der Waals surface area contributed by atoms with E-state index < -0.39 is 10.0 Å². The van der Waals surface area contributed by atoms with Crippen LogP contribution in [0.15, 0.2) is 59.5 Å². The number of carbonyl (C=O) groups is 1. The Hall–Kier alpha value is -2.34. The summed E-state index contributed by atoms with van der Waals surface area (Å²) >= 11 is 0. The van der Waals surface area contributed by atoms with Gasteiger partial charge in [0.1, 0.15) is 0 Å². The van der Waals surface area contributed by atoms with Crippen LogP contribution in [-0.4, -0.2) is 20.4 Å². The zero-order valence-electron chi connectivity index (χ0n) is 13.1. The van der Waals surface area contributed by atoms with Crippen molar-refractivity contribution >= 4 is 21.6 Å². The fourth-order valence-electron chi connectivity index (χ4n) is 1.91. The molecule has 5 nitrogen and oxygen atoms in total. The lowest BCUT2D eigenvalue weighted by Crippen LogP contribution is -2.31. The Morgan fingerprint density at radius 1 is 1.04 bits per heavy atom. The number of anilines is 1. The van der Waals surface area contributed by atoms with Crippen molar-refractivity contribution in [3.63, 3.8) is 0 Å². The molecular weight excluding hydrogens is 312 g/mol. The zero-order chi connectivity index (χ0) is 16.9. The fourth-order valence-corrected chi connectivity index (χ4v) is 2.97. The number of nitrogens with one attached hydrogen (secondary N) is 2. The molecule has 0 aromatic heterocycles. The summed E-state index contributed by atoms with van der Waals surface area (Å²) in [4.78, 5) is 12.1. The Morgan fingerprint density at radius 2 is 1.65 bits per heavy atom. The highest BCUT2D eigenvalue weighted by molar-refractivity contribution is 7.92. The Labute approximate surface area is 136 Å². The summed E-state index contributed by atoms with van der Waals surface area (Å²) in [7, 11) is -3.67. The first-order valence-corrected chi connectivity index (χ1v) is 8.89. The van der Waals surface area contributed by atoms with Crippen LogP contribution >= 0.6 is 0 Å². The normalized spacial score (nSPS) is 12.4. The van der Waals surface area contributed by atoms with E-state index in [0.717, 1.165) is 6.42 Å². The van der Waals surface area contributed by atoms with Crippen LogP contribution in [0.25, 0.3) is 0 Å². The van der Waals surface area contributed by atoms with Crippen LogP contribution in [0.2, 0.25) is 0 Å². The van der Waals surface area contributed by atoms with Gasteiger partial charge in [-0.3, -0.25) is 9.52 Å². The highest BCUT2D eigenvalue weighted by atomic mass is 32.2. The average Bonchev–Trinajstić information content (AvgIpc) is 2.55. The molecule has 6 heteroatoms. The third-order valence-electron chi connectivity index (χ3n) is 3.44. The quantitative estimate of drug-likeness (QED) is 0.854. The average molecular weight is 332 g/mol. The molecule has 2 aromatic carbocycles. The second kappa shape index (κ2) is 7.28. The van der Waals surface area contributed by atoms with Crippen molar-refractivity contribution in [3.05, 3.63) is 60.2 Å². The summed E-state index contributed by atoms with van der Waals surface area (Å²) in [6.07, 6.45) is 0.833. The van der Waals surface area contributed by atoms with E-state index in [0.29, 0.717) is 11.3 Å². The highest BCUT2D eigenvalue weighted by Crippen LogP contribution is 2.16. The Morgan fingerprint density at radius 3 is 2.22 bits per heavy atom. The topological polar surface area (TPSA) is 75.3 Å². The van der Waals surface area contributed by atoms with Gasteiger partial charge in [-0.25, -0.2) is 8.42 Å². The van der Waals surface area contributed by atoms with E-state index in [9.17, 15) is 13.2 Å². The third-order valence-corrected chi connectivity index (χ3v) is 4.84. The standard InChI is InChI=1S/C17H20N2O3S/c1-3-13(2)18-17(20)14-9-11-16(12-10-14)23(21,22)19-15-7-5-4-6-8-15/h4-13,19H,3H2,1-2H3,(H,18,20). The van der Waals surface area contributed by atoms with E-state index in [4.69, 9.17) is 0 Å². The van der Waals surface area contributed by atoms with E-state index in [1.807, 2.05) is 19.9 Å². The Bertz CT molecular complexity index is 756. The van der Waals surface area contributed by atoms with Gasteiger partial charge in [0.05, 0.1) is 4.90 Å². The zero-order valence-corrected chi connectivity index (χ0v) is 13.9. The molecule has 0 radical (unpaired) electrons. The van der Waals surface area contributed by atoms with Crippen molar-refractivity contribution in [2.45, 2.75) is 31.2 Å². The summed E-state index contributed by atoms with van der Waals surface area (Å²) in [6, 6.07) is 14.6. The minimum Gasteiger partial charge on any atom is -0.350 e. The lowest BCUT2D eigenvalue weighted by atomic mass is 10.2. The molecular formula is C17H20N2O3S. The molecule has 0 heterocycles. The maximum Gasteiger partial charge on any atom is 0.261 e. The highest BCUT2D eigenvalue weighted by Gasteiger charge is 2.15. The Kier molecular flexibility index (Phi) is 5.39. The second-order valence-corrected chi connectivity index (χ2v) is 6.96. The number of amides is 1. The van der Waals surface area contributed by atoms with Crippen LogP contribution < -0.4 is 10.0 Å². The molecule has 1 atom stereocenters. The van der Waals surface area contributed by atoms with Crippen molar-refractivity contribution in [2.24, 2.45) is 0 Å². The number of para-hydroxylation sites is 1. The van der Waals surface area contributed by atoms with Crippen molar-refractivity contribution in [3.8, 4) is 0 Å². The number of carbonyl (C=O) groups excluding carboxylic acids is 1. The van der Waals surface area contributed by atoms with Crippen LogP contribution in [0, 0.1) is 0 Å². The van der Waals surface area contributed by atoms with E-state index in [-0.39, 0.29) is 16.8 Å². The molecule has 0 saturated heterocycles. The van der Waals surface area contributed by atoms with Gasteiger partial charge in [0.25, 0.3) is 15.9 Å². The van der Waals surface area contributed by atoms with Crippen LogP contribution in [0.5, 0.6) is 0 Å². The number of rotatable bonds is 6. The van der Waals surface area contributed by atoms with Gasteiger partial charge in [-0.15, -0.1) is 0 Å². The van der Waals surface area contributed by atoms with Gasteiger partial charge in [0, 0.05) is 17.3 Å². The molecule has 0 spiro atoms. The summed E-state index contributed by atoms with van der Waals surface area (Å²) < 4.78 is 27.1. The summed E-state index contributed by atoms with van der Waals surface area (Å²) in [5, 5.41) is 2.84. The summed E-state index contributed by atoms with van der Waals surface area (Å²) in [5.41, 5.74) is 0.926. The monoisotopic (exact) mass is 332 g/mol. The number of hydrogen-bond donors (Lipinski definition) is 2. The molecule has 1 amide bonds. The fraction of sp³-hybridized carbons (Fsp3) is 0.235. The van der Waals surface area contributed by atoms with Crippen LogP contribution in [0.4, 0.5) is 5.69 Å². The second-order valence-electron chi connectivity index (χ2n) is 5.28. The predicted octanol–water partition coefficient (Wildman–Crippen LogP) is 3.02. The van der Waals surface area contributed by atoms with Gasteiger partial charge < -0.3 is 5.32 Å². The van der Waals surface area contributed by atoms with Gasteiger partial charge in [-0.2, -0.15) is 0 Å². The molecule has 1 unspecified atom stereocenters. The number of benzene rings is 2. The largest absolute Gasteiger partial charge is 0.350 e. The predicted molar refractivity (Wildman–Crippen MR) is 90.9 cm³/mol. The van der Waals surface area contributed by atoms with E-state index in [2.05, 4.69) is 10.0 Å². The van der Waals surface area contributed by atoms with Crippen molar-refractivity contribution in [1.29, 1.82) is 0 Å². The first kappa shape index (κ1) is 17.0. The van der Waals surface area contributed by atoms with E-state index in [1.54, 1.807) is 24.3 Å². The van der Waals surface area contributed by atoms with E-state index in [1.165, 1.54) is 24.3 Å². The molecule has 23 heavy (non-hydrogen) atoms. The minimum atomic E-state index is -3.67. The molecule has 2 aromatic rings. The van der Waals surface area contributed by atoms with Gasteiger partial charge in [-0.05, 0) is 49.7 Å². The third kappa shape index (κ3) is 4.56. The lowest BCUT2D eigenvalue weighted by Gasteiger charge is -2.12. The molecule has 2 rings (SSSR count). The number of sulfonamides is 1. The van der Waals surface area contributed by atoms with Crippen molar-refractivity contribution in [2.75, 3.05) is 4.72 Å². The van der Waals surface area contributed by atoms with Crippen LogP contribution in [0.3, 0.4) is 0 Å². The molecule has 0 aliphatic rings. The molecule has 0 aliphatic carbocycles. The molecule has 0 fully saturated rings. The lowest BCUT2D eigenvalue weighted by molar-refractivity contribution is 0.0939. The summed E-state index contributed by atoms with van der Waals surface area (Å²) in [6.45, 7) is 3.90. The maximum absolute atomic E-state index is 12.3. The smallest absolute Gasteiger partial charge is 0.261 e. The number of hydrogen-bond acceptors (Lipinski definition) is 3. The molecule has 122 valence electrons. The van der Waals surface area contributed by atoms with Gasteiger partial charge in [-0.1, -0.05) is 25.1 Å². The minimum absolute atomic E-state index is 0.0747. The summed E-state index contributed by atoms with van der Waals surface area (Å²) in [5.74, 6) is -0.209. The molecule has 2 N–H and O–H groups in total. The Balaban J connectivity index is 2.14. The van der Waals surface area contributed by atoms with Crippen molar-refractivity contribution in [1.82, 2.24) is 5.32 Å². The van der Waals surface area contributed by atoms with Gasteiger partial charge >= 0.3 is 0 Å². The van der Waals surface area contributed by atoms with Gasteiger partial charge in [0.2, 0.25) is 0 Å². The van der Waals surface area contributed by atoms with Crippen LogP contribution in [-0.2, 0) is 10.0 Å². The first-order chi connectivity index (χ1) is 10.9. The molecule has 0 aliphatic heterocycles. The maximum atomic E-state index is 12.3. The van der Waals surface area contributed by atoms with Crippen molar-refractivity contribution < 1.29 is 13.2 Å². The SMILES string of the molecule is CCC(C)NC(=O)c1ccc(S(=O)(=O)Nc2ccccc2)cc1. The van der Waals surface area contributed by atoms with Crippen LogP contribution in [0.1, 0.15) is 30.6 Å². The molecule has 0 saturated carbocycles. The first-order valence-electron chi connectivity index (χ1n) is 7.41. The van der Waals surface area contributed by atoms with E-state index >= 15 is 0 Å². The molecule has 0 bridgehead atoms. The van der Waals surface area contributed by atoms with Gasteiger partial charge in [0.15, 0.2) is 0 Å².